The van der Waals surface area contributed by atoms with Crippen LogP contribution < -0.4 is 5.32 Å². The van der Waals surface area contributed by atoms with Gasteiger partial charge in [0.1, 0.15) is 11.6 Å². The second kappa shape index (κ2) is 6.70. The molecule has 1 heterocycles. The highest BCUT2D eigenvalue weighted by atomic mass is 15.0. The van der Waals surface area contributed by atoms with Gasteiger partial charge in [-0.1, -0.05) is 50.6 Å². The van der Waals surface area contributed by atoms with Crippen LogP contribution in [0.1, 0.15) is 50.1 Å². The van der Waals surface area contributed by atoms with E-state index in [2.05, 4.69) is 64.2 Å². The number of hydrogen-bond acceptors (Lipinski definition) is 3. The van der Waals surface area contributed by atoms with Gasteiger partial charge in [0.15, 0.2) is 0 Å². The summed E-state index contributed by atoms with van der Waals surface area (Å²) in [6, 6.07) is 8.53. The Hall–Kier alpha value is -1.90. The summed E-state index contributed by atoms with van der Waals surface area (Å²) in [7, 11) is 0. The van der Waals surface area contributed by atoms with Crippen molar-refractivity contribution in [1.29, 1.82) is 0 Å². The van der Waals surface area contributed by atoms with Crippen LogP contribution in [0.3, 0.4) is 0 Å². The molecule has 2 rings (SSSR count). The van der Waals surface area contributed by atoms with Crippen LogP contribution in [0.25, 0.3) is 11.3 Å². The van der Waals surface area contributed by atoms with Gasteiger partial charge in [-0.25, -0.2) is 9.97 Å². The Morgan fingerprint density at radius 2 is 1.71 bits per heavy atom. The molecule has 1 aromatic heterocycles. The van der Waals surface area contributed by atoms with Crippen LogP contribution in [0.4, 0.5) is 5.82 Å². The third-order valence-electron chi connectivity index (χ3n) is 3.55. The van der Waals surface area contributed by atoms with Crippen molar-refractivity contribution in [3.63, 3.8) is 0 Å². The Kier molecular flexibility index (Phi) is 4.94. The highest BCUT2D eigenvalue weighted by molar-refractivity contribution is 5.68. The lowest BCUT2D eigenvalue weighted by molar-refractivity contribution is 0.772. The molecule has 0 bridgehead atoms. The average Bonchev–Trinajstić information content (AvgIpc) is 2.47. The van der Waals surface area contributed by atoms with E-state index in [4.69, 9.17) is 9.97 Å². The number of rotatable bonds is 5. The van der Waals surface area contributed by atoms with Crippen molar-refractivity contribution in [3.05, 3.63) is 41.2 Å². The van der Waals surface area contributed by atoms with Crippen molar-refractivity contribution in [1.82, 2.24) is 9.97 Å². The normalized spacial score (nSPS) is 11.0. The van der Waals surface area contributed by atoms with E-state index in [0.29, 0.717) is 5.92 Å². The fourth-order valence-electron chi connectivity index (χ4n) is 2.20. The largest absolute Gasteiger partial charge is 0.370 e. The van der Waals surface area contributed by atoms with Crippen LogP contribution in [-0.2, 0) is 0 Å². The number of nitrogens with one attached hydrogen (secondary N) is 1. The molecule has 0 unspecified atom stereocenters. The molecule has 0 aliphatic heterocycles. The van der Waals surface area contributed by atoms with Crippen molar-refractivity contribution < 1.29 is 0 Å². The van der Waals surface area contributed by atoms with Gasteiger partial charge in [-0.05, 0) is 20.3 Å². The molecule has 0 fully saturated rings. The van der Waals surface area contributed by atoms with E-state index in [1.165, 1.54) is 5.56 Å². The maximum absolute atomic E-state index is 4.79. The predicted molar refractivity (Wildman–Crippen MR) is 89.8 cm³/mol. The minimum Gasteiger partial charge on any atom is -0.370 e. The second-order valence-electron chi connectivity index (χ2n) is 5.85. The van der Waals surface area contributed by atoms with Gasteiger partial charge in [0.25, 0.3) is 0 Å². The summed E-state index contributed by atoms with van der Waals surface area (Å²) in [5.74, 6) is 2.18. The molecule has 1 aromatic carbocycles. The van der Waals surface area contributed by atoms with Crippen molar-refractivity contribution in [2.24, 2.45) is 0 Å². The topological polar surface area (TPSA) is 37.8 Å². The second-order valence-corrected chi connectivity index (χ2v) is 5.85. The van der Waals surface area contributed by atoms with Crippen molar-refractivity contribution in [3.8, 4) is 11.3 Å². The van der Waals surface area contributed by atoms with Crippen LogP contribution in [0, 0.1) is 13.8 Å². The van der Waals surface area contributed by atoms with Crippen LogP contribution >= 0.6 is 0 Å². The third kappa shape index (κ3) is 3.60. The molecule has 3 heteroatoms. The summed E-state index contributed by atoms with van der Waals surface area (Å²) in [5.41, 5.74) is 4.57. The van der Waals surface area contributed by atoms with Gasteiger partial charge < -0.3 is 5.32 Å². The van der Waals surface area contributed by atoms with Gasteiger partial charge in [0, 0.05) is 23.6 Å². The van der Waals surface area contributed by atoms with Gasteiger partial charge in [-0.15, -0.1) is 0 Å². The van der Waals surface area contributed by atoms with E-state index < -0.39 is 0 Å². The van der Waals surface area contributed by atoms with Crippen molar-refractivity contribution in [2.75, 3.05) is 11.9 Å². The van der Waals surface area contributed by atoms with Crippen LogP contribution in [0.15, 0.2) is 24.3 Å². The van der Waals surface area contributed by atoms with Crippen LogP contribution in [0.5, 0.6) is 0 Å². The standard InChI is InChI=1S/C18H25N3/c1-6-11-19-18-14(5)16(20-17(21-18)12(2)3)15-9-7-13(4)8-10-15/h7-10,12H,6,11H2,1-5H3,(H,19,20,21). The molecule has 0 radical (unpaired) electrons. The summed E-state index contributed by atoms with van der Waals surface area (Å²) >= 11 is 0. The van der Waals surface area contributed by atoms with Gasteiger partial charge in [0.2, 0.25) is 0 Å². The molecule has 0 amide bonds. The zero-order valence-electron chi connectivity index (χ0n) is 13.7. The molecule has 0 aliphatic carbocycles. The smallest absolute Gasteiger partial charge is 0.133 e. The lowest BCUT2D eigenvalue weighted by Gasteiger charge is -2.15. The van der Waals surface area contributed by atoms with Crippen LogP contribution in [-0.4, -0.2) is 16.5 Å². The molecule has 0 spiro atoms. The first-order chi connectivity index (χ1) is 10.0. The fraction of sp³-hybridized carbons (Fsp3) is 0.444. The SMILES string of the molecule is CCCNc1nc(C(C)C)nc(-c2ccc(C)cc2)c1C. The molecular weight excluding hydrogens is 258 g/mol. The molecule has 0 atom stereocenters. The fourth-order valence-corrected chi connectivity index (χ4v) is 2.20. The highest BCUT2D eigenvalue weighted by Crippen LogP contribution is 2.28. The first kappa shape index (κ1) is 15.5. The molecule has 1 N–H and O–H groups in total. The van der Waals surface area contributed by atoms with E-state index in [1.807, 2.05) is 0 Å². The number of hydrogen-bond donors (Lipinski definition) is 1. The summed E-state index contributed by atoms with van der Waals surface area (Å²) < 4.78 is 0. The highest BCUT2D eigenvalue weighted by Gasteiger charge is 2.14. The molecule has 2 aromatic rings. The first-order valence-corrected chi connectivity index (χ1v) is 7.72. The van der Waals surface area contributed by atoms with E-state index in [-0.39, 0.29) is 0 Å². The Morgan fingerprint density at radius 1 is 1.05 bits per heavy atom. The predicted octanol–water partition coefficient (Wildman–Crippen LogP) is 4.71. The quantitative estimate of drug-likeness (QED) is 0.863. The number of nitrogens with zero attached hydrogens (tertiary/aromatic N) is 2. The summed E-state index contributed by atoms with van der Waals surface area (Å²) in [6.45, 7) is 11.6. The molecule has 0 saturated heterocycles. The minimum absolute atomic E-state index is 0.317. The van der Waals surface area contributed by atoms with E-state index >= 15 is 0 Å². The summed E-state index contributed by atoms with van der Waals surface area (Å²) in [5, 5.41) is 3.43. The number of aryl methyl sites for hydroxylation is 1. The van der Waals surface area contributed by atoms with Gasteiger partial charge in [-0.3, -0.25) is 0 Å². The third-order valence-corrected chi connectivity index (χ3v) is 3.55. The van der Waals surface area contributed by atoms with Crippen molar-refractivity contribution >= 4 is 5.82 Å². The molecule has 0 aliphatic rings. The number of anilines is 1. The maximum Gasteiger partial charge on any atom is 0.133 e. The molecular formula is C18H25N3. The zero-order chi connectivity index (χ0) is 15.4. The first-order valence-electron chi connectivity index (χ1n) is 7.72. The Balaban J connectivity index is 2.52. The lowest BCUT2D eigenvalue weighted by atomic mass is 10.0. The molecule has 0 saturated carbocycles. The number of benzene rings is 1. The maximum atomic E-state index is 4.79. The summed E-state index contributed by atoms with van der Waals surface area (Å²) in [6.07, 6.45) is 1.08. The van der Waals surface area contributed by atoms with Crippen molar-refractivity contribution in [2.45, 2.75) is 47.0 Å². The molecule has 21 heavy (non-hydrogen) atoms. The minimum atomic E-state index is 0.317. The average molecular weight is 283 g/mol. The van der Waals surface area contributed by atoms with E-state index in [9.17, 15) is 0 Å². The van der Waals surface area contributed by atoms with Gasteiger partial charge in [-0.2, -0.15) is 0 Å². The Morgan fingerprint density at radius 3 is 2.29 bits per heavy atom. The molecule has 3 nitrogen and oxygen atoms in total. The molecule has 112 valence electrons. The Bertz CT molecular complexity index is 601. The number of aromatic nitrogens is 2. The Labute approximate surface area is 127 Å². The van der Waals surface area contributed by atoms with E-state index in [0.717, 1.165) is 41.4 Å². The monoisotopic (exact) mass is 283 g/mol. The van der Waals surface area contributed by atoms with Gasteiger partial charge >= 0.3 is 0 Å². The lowest BCUT2D eigenvalue weighted by Crippen LogP contribution is -2.10. The van der Waals surface area contributed by atoms with Crippen LogP contribution in [0.2, 0.25) is 0 Å². The summed E-state index contributed by atoms with van der Waals surface area (Å²) in [4.78, 5) is 9.48. The van der Waals surface area contributed by atoms with Gasteiger partial charge in [0.05, 0.1) is 5.69 Å². The van der Waals surface area contributed by atoms with E-state index in [1.54, 1.807) is 0 Å². The zero-order valence-corrected chi connectivity index (χ0v) is 13.7.